The third-order valence-corrected chi connectivity index (χ3v) is 3.77. The Morgan fingerprint density at radius 3 is 2.64 bits per heavy atom. The molecule has 1 aliphatic rings. The smallest absolute Gasteiger partial charge is 0.231 e. The molecule has 1 aliphatic heterocycles. The minimum absolute atomic E-state index is 0.261. The zero-order chi connectivity index (χ0) is 15.1. The zero-order valence-corrected chi connectivity index (χ0v) is 12.1. The Labute approximate surface area is 127 Å². The highest BCUT2D eigenvalue weighted by Gasteiger charge is 2.17. The van der Waals surface area contributed by atoms with Gasteiger partial charge in [0.25, 0.3) is 0 Å². The molecule has 4 rings (SSSR count). The van der Waals surface area contributed by atoms with Crippen LogP contribution in [-0.4, -0.2) is 16.6 Å². The van der Waals surface area contributed by atoms with E-state index < -0.39 is 0 Å². The summed E-state index contributed by atoms with van der Waals surface area (Å²) in [4.78, 5) is 0. The van der Waals surface area contributed by atoms with E-state index in [0.29, 0.717) is 5.82 Å². The highest BCUT2D eigenvalue weighted by atomic mass is 16.7. The predicted molar refractivity (Wildman–Crippen MR) is 84.3 cm³/mol. The van der Waals surface area contributed by atoms with Gasteiger partial charge in [-0.3, -0.25) is 0 Å². The van der Waals surface area contributed by atoms with E-state index in [4.69, 9.17) is 15.2 Å². The zero-order valence-electron chi connectivity index (χ0n) is 12.1. The molecule has 0 aliphatic carbocycles. The van der Waals surface area contributed by atoms with Crippen molar-refractivity contribution < 1.29 is 9.47 Å². The molecule has 0 saturated carbocycles. The van der Waals surface area contributed by atoms with Gasteiger partial charge in [0.05, 0.1) is 11.9 Å². The summed E-state index contributed by atoms with van der Waals surface area (Å²) in [5.41, 5.74) is 10.3. The van der Waals surface area contributed by atoms with Gasteiger partial charge in [-0.15, -0.1) is 0 Å². The van der Waals surface area contributed by atoms with E-state index in [1.807, 2.05) is 49.4 Å². The molecule has 0 fully saturated rings. The van der Waals surface area contributed by atoms with E-state index >= 15 is 0 Å². The molecule has 0 saturated heterocycles. The van der Waals surface area contributed by atoms with Crippen molar-refractivity contribution in [3.8, 4) is 28.3 Å². The van der Waals surface area contributed by atoms with Crippen molar-refractivity contribution in [3.63, 3.8) is 0 Å². The molecule has 2 N–H and O–H groups in total. The van der Waals surface area contributed by atoms with Crippen LogP contribution in [0.15, 0.2) is 48.7 Å². The van der Waals surface area contributed by atoms with Crippen LogP contribution in [0.1, 0.15) is 5.56 Å². The van der Waals surface area contributed by atoms with Crippen molar-refractivity contribution in [3.05, 3.63) is 54.2 Å². The number of nitrogens with two attached hydrogens (primary N) is 1. The molecule has 3 aromatic rings. The minimum Gasteiger partial charge on any atom is -0.454 e. The molecule has 2 aromatic carbocycles. The van der Waals surface area contributed by atoms with Gasteiger partial charge >= 0.3 is 0 Å². The van der Waals surface area contributed by atoms with Crippen LogP contribution in [0.5, 0.6) is 11.5 Å². The van der Waals surface area contributed by atoms with E-state index in [9.17, 15) is 0 Å². The van der Waals surface area contributed by atoms with Gasteiger partial charge in [0.2, 0.25) is 6.79 Å². The Bertz CT molecular complexity index is 838. The van der Waals surface area contributed by atoms with Crippen LogP contribution in [0.2, 0.25) is 0 Å². The number of hydrogen-bond acceptors (Lipinski definition) is 4. The molecule has 110 valence electrons. The normalized spacial score (nSPS) is 12.6. The molecule has 2 heterocycles. The average molecular weight is 293 g/mol. The Balaban J connectivity index is 1.76. The first-order valence-electron chi connectivity index (χ1n) is 7.03. The molecule has 1 aromatic heterocycles. The Morgan fingerprint density at radius 1 is 1.05 bits per heavy atom. The summed E-state index contributed by atoms with van der Waals surface area (Å²) < 4.78 is 12.5. The summed E-state index contributed by atoms with van der Waals surface area (Å²) in [7, 11) is 0. The van der Waals surface area contributed by atoms with E-state index in [0.717, 1.165) is 28.3 Å². The Kier molecular flexibility index (Phi) is 2.79. The summed E-state index contributed by atoms with van der Waals surface area (Å²) >= 11 is 0. The lowest BCUT2D eigenvalue weighted by molar-refractivity contribution is 0.174. The molecule has 0 bridgehead atoms. The molecule has 5 heteroatoms. The number of aromatic nitrogens is 2. The van der Waals surface area contributed by atoms with Crippen LogP contribution < -0.4 is 15.2 Å². The van der Waals surface area contributed by atoms with Crippen LogP contribution >= 0.6 is 0 Å². The van der Waals surface area contributed by atoms with E-state index in [2.05, 4.69) is 5.10 Å². The summed E-state index contributed by atoms with van der Waals surface area (Å²) in [5.74, 6) is 2.09. The third kappa shape index (κ3) is 1.98. The maximum Gasteiger partial charge on any atom is 0.231 e. The first kappa shape index (κ1) is 12.8. The van der Waals surface area contributed by atoms with Crippen LogP contribution in [0, 0.1) is 6.92 Å². The molecule has 0 unspecified atom stereocenters. The highest BCUT2D eigenvalue weighted by molar-refractivity contribution is 5.76. The van der Waals surface area contributed by atoms with Crippen LogP contribution in [0.25, 0.3) is 16.8 Å². The first-order valence-corrected chi connectivity index (χ1v) is 7.03. The van der Waals surface area contributed by atoms with Crippen molar-refractivity contribution >= 4 is 5.82 Å². The van der Waals surface area contributed by atoms with Gasteiger partial charge in [-0.25, -0.2) is 4.68 Å². The minimum atomic E-state index is 0.261. The number of ether oxygens (including phenoxy) is 2. The van der Waals surface area contributed by atoms with Gasteiger partial charge < -0.3 is 15.2 Å². The quantitative estimate of drug-likeness (QED) is 0.788. The molecule has 22 heavy (non-hydrogen) atoms. The number of nitrogens with zero attached hydrogens (tertiary/aromatic N) is 2. The first-order chi connectivity index (χ1) is 10.7. The van der Waals surface area contributed by atoms with Gasteiger partial charge in [0.1, 0.15) is 5.82 Å². The van der Waals surface area contributed by atoms with Crippen LogP contribution in [0.4, 0.5) is 5.82 Å². The number of aryl methyl sites for hydroxylation is 1. The second-order valence-electron chi connectivity index (χ2n) is 5.26. The van der Waals surface area contributed by atoms with E-state index in [-0.39, 0.29) is 6.79 Å². The van der Waals surface area contributed by atoms with Crippen molar-refractivity contribution in [1.29, 1.82) is 0 Å². The number of hydrogen-bond donors (Lipinski definition) is 1. The maximum atomic E-state index is 6.28. The van der Waals surface area contributed by atoms with E-state index in [1.165, 1.54) is 5.56 Å². The number of fused-ring (bicyclic) bond motifs is 1. The van der Waals surface area contributed by atoms with E-state index in [1.54, 1.807) is 10.9 Å². The molecule has 0 spiro atoms. The van der Waals surface area contributed by atoms with Crippen LogP contribution in [-0.2, 0) is 0 Å². The maximum absolute atomic E-state index is 6.28. The largest absolute Gasteiger partial charge is 0.454 e. The summed E-state index contributed by atoms with van der Waals surface area (Å²) in [5, 5.41) is 4.41. The van der Waals surface area contributed by atoms with Crippen molar-refractivity contribution in [2.75, 3.05) is 12.5 Å². The number of benzene rings is 2. The molecule has 0 amide bonds. The van der Waals surface area contributed by atoms with Crippen molar-refractivity contribution in [1.82, 2.24) is 9.78 Å². The third-order valence-electron chi connectivity index (χ3n) is 3.77. The molecular formula is C17H15N3O2. The summed E-state index contributed by atoms with van der Waals surface area (Å²) in [6.07, 6.45) is 1.77. The topological polar surface area (TPSA) is 62.3 Å². The SMILES string of the molecule is Cc1ccc(-n2ncc(-c3ccc4c(c3)OCO4)c2N)cc1. The lowest BCUT2D eigenvalue weighted by Gasteiger charge is -2.06. The van der Waals surface area contributed by atoms with Gasteiger partial charge in [-0.1, -0.05) is 23.8 Å². The Morgan fingerprint density at radius 2 is 1.82 bits per heavy atom. The van der Waals surface area contributed by atoms with Gasteiger partial charge in [0.15, 0.2) is 11.5 Å². The Hall–Kier alpha value is -2.95. The summed E-state index contributed by atoms with van der Waals surface area (Å²) in [6, 6.07) is 13.9. The number of nitrogen functional groups attached to an aromatic ring is 1. The summed E-state index contributed by atoms with van der Waals surface area (Å²) in [6.45, 7) is 2.31. The fourth-order valence-corrected chi connectivity index (χ4v) is 2.54. The second kappa shape index (κ2) is 4.80. The second-order valence-corrected chi connectivity index (χ2v) is 5.26. The highest BCUT2D eigenvalue weighted by Crippen LogP contribution is 2.37. The molecule has 0 atom stereocenters. The van der Waals surface area contributed by atoms with Gasteiger partial charge in [-0.2, -0.15) is 5.10 Å². The fraction of sp³-hybridized carbons (Fsp3) is 0.118. The van der Waals surface area contributed by atoms with Crippen molar-refractivity contribution in [2.45, 2.75) is 6.92 Å². The predicted octanol–water partition coefficient (Wildman–Crippen LogP) is 3.16. The molecule has 5 nitrogen and oxygen atoms in total. The van der Waals surface area contributed by atoms with Gasteiger partial charge in [0, 0.05) is 5.56 Å². The standard InChI is InChI=1S/C17H15N3O2/c1-11-2-5-13(6-3-11)20-17(18)14(9-19-20)12-4-7-15-16(8-12)22-10-21-15/h2-9H,10,18H2,1H3. The monoisotopic (exact) mass is 293 g/mol. The molecular weight excluding hydrogens is 278 g/mol. The fourth-order valence-electron chi connectivity index (χ4n) is 2.54. The average Bonchev–Trinajstić information content (AvgIpc) is 3.14. The lowest BCUT2D eigenvalue weighted by Crippen LogP contribution is -2.02. The lowest BCUT2D eigenvalue weighted by atomic mass is 10.1. The number of anilines is 1. The van der Waals surface area contributed by atoms with Crippen molar-refractivity contribution in [2.24, 2.45) is 0 Å². The molecule has 0 radical (unpaired) electrons. The van der Waals surface area contributed by atoms with Gasteiger partial charge in [-0.05, 0) is 36.8 Å². The number of rotatable bonds is 2. The van der Waals surface area contributed by atoms with Crippen LogP contribution in [0.3, 0.4) is 0 Å².